The minimum Gasteiger partial charge on any atom is -0.480 e. The highest BCUT2D eigenvalue weighted by molar-refractivity contribution is 5.86. The van der Waals surface area contributed by atoms with Gasteiger partial charge in [0.05, 0.1) is 6.10 Å². The van der Waals surface area contributed by atoms with E-state index < -0.39 is 12.0 Å². The molecule has 2 rings (SSSR count). The zero-order chi connectivity index (χ0) is 13.1. The Morgan fingerprint density at radius 1 is 1.33 bits per heavy atom. The minimum absolute atomic E-state index is 0.0646. The van der Waals surface area contributed by atoms with Gasteiger partial charge in [-0.15, -0.1) is 0 Å². The fourth-order valence-electron chi connectivity index (χ4n) is 2.62. The predicted octanol–water partition coefficient (Wildman–Crippen LogP) is 0.114. The fraction of sp³-hybridized carbons (Fsp3) is 0.833. The van der Waals surface area contributed by atoms with Crippen LogP contribution in [0.5, 0.6) is 0 Å². The maximum absolute atomic E-state index is 12.3. The number of hydrogen-bond donors (Lipinski definition) is 1. The van der Waals surface area contributed by atoms with E-state index in [9.17, 15) is 14.7 Å². The van der Waals surface area contributed by atoms with E-state index in [0.717, 1.165) is 0 Å². The molecule has 0 spiro atoms. The molecular formula is C12H19NO5. The third-order valence-corrected chi connectivity index (χ3v) is 3.73. The van der Waals surface area contributed by atoms with Gasteiger partial charge in [0.15, 0.2) is 0 Å². The van der Waals surface area contributed by atoms with Crippen molar-refractivity contribution in [3.8, 4) is 0 Å². The summed E-state index contributed by atoms with van der Waals surface area (Å²) in [5.41, 5.74) is 0. The second-order valence-corrected chi connectivity index (χ2v) is 4.82. The third-order valence-electron chi connectivity index (χ3n) is 3.73. The number of amides is 1. The average molecular weight is 257 g/mol. The van der Waals surface area contributed by atoms with E-state index in [-0.39, 0.29) is 17.9 Å². The van der Waals surface area contributed by atoms with Crippen LogP contribution in [0.3, 0.4) is 0 Å². The molecule has 0 aromatic heterocycles. The van der Waals surface area contributed by atoms with Crippen LogP contribution < -0.4 is 0 Å². The van der Waals surface area contributed by atoms with Crippen molar-refractivity contribution in [3.63, 3.8) is 0 Å². The Morgan fingerprint density at radius 3 is 2.56 bits per heavy atom. The molecule has 2 aliphatic heterocycles. The maximum atomic E-state index is 12.3. The molecule has 0 aliphatic carbocycles. The fourth-order valence-corrected chi connectivity index (χ4v) is 2.62. The molecule has 1 amide bonds. The highest BCUT2D eigenvalue weighted by Gasteiger charge is 2.41. The second-order valence-electron chi connectivity index (χ2n) is 4.82. The standard InChI is InChI=1S/C12H19NO5/c1-17-9-6-10(12(15)16)13(7-9)11(14)8-2-4-18-5-3-8/h8-10H,2-7H2,1H3,(H,15,16). The zero-order valence-electron chi connectivity index (χ0n) is 10.5. The number of likely N-dealkylation sites (tertiary alicyclic amines) is 1. The number of carbonyl (C=O) groups is 2. The molecule has 0 bridgehead atoms. The number of methoxy groups -OCH3 is 1. The number of ether oxygens (including phenoxy) is 2. The van der Waals surface area contributed by atoms with E-state index in [1.807, 2.05) is 0 Å². The first-order valence-electron chi connectivity index (χ1n) is 6.27. The summed E-state index contributed by atoms with van der Waals surface area (Å²) in [6, 6.07) is -0.745. The molecule has 0 saturated carbocycles. The van der Waals surface area contributed by atoms with E-state index in [1.165, 1.54) is 4.90 Å². The Hall–Kier alpha value is -1.14. The molecule has 6 nitrogen and oxygen atoms in total. The minimum atomic E-state index is -0.949. The lowest BCUT2D eigenvalue weighted by Gasteiger charge is -2.28. The van der Waals surface area contributed by atoms with Gasteiger partial charge < -0.3 is 19.5 Å². The Bertz CT molecular complexity index is 326. The van der Waals surface area contributed by atoms with Crippen LogP contribution in [0.15, 0.2) is 0 Å². The molecule has 0 radical (unpaired) electrons. The quantitative estimate of drug-likeness (QED) is 0.776. The van der Waals surface area contributed by atoms with Gasteiger partial charge in [-0.3, -0.25) is 4.79 Å². The molecule has 2 unspecified atom stereocenters. The highest BCUT2D eigenvalue weighted by Crippen LogP contribution is 2.25. The van der Waals surface area contributed by atoms with Crippen molar-refractivity contribution >= 4 is 11.9 Å². The van der Waals surface area contributed by atoms with Gasteiger partial charge >= 0.3 is 5.97 Å². The predicted molar refractivity (Wildman–Crippen MR) is 62.1 cm³/mol. The first-order valence-corrected chi connectivity index (χ1v) is 6.27. The number of nitrogens with zero attached hydrogens (tertiary/aromatic N) is 1. The van der Waals surface area contributed by atoms with Crippen molar-refractivity contribution in [1.29, 1.82) is 0 Å². The lowest BCUT2D eigenvalue weighted by atomic mass is 9.98. The van der Waals surface area contributed by atoms with Crippen LogP contribution in [0, 0.1) is 5.92 Å². The largest absolute Gasteiger partial charge is 0.480 e. The molecule has 2 fully saturated rings. The number of carboxylic acid groups (broad SMARTS) is 1. The third kappa shape index (κ3) is 2.64. The summed E-state index contributed by atoms with van der Waals surface area (Å²) in [5.74, 6) is -1.11. The van der Waals surface area contributed by atoms with Gasteiger partial charge in [-0.25, -0.2) is 4.79 Å². The lowest BCUT2D eigenvalue weighted by Crippen LogP contribution is -2.44. The Morgan fingerprint density at radius 2 is 2.00 bits per heavy atom. The van der Waals surface area contributed by atoms with Gasteiger partial charge in [-0.2, -0.15) is 0 Å². The van der Waals surface area contributed by atoms with Gasteiger partial charge in [0.25, 0.3) is 0 Å². The molecule has 2 saturated heterocycles. The summed E-state index contributed by atoms with van der Waals surface area (Å²) in [6.07, 6.45) is 1.56. The highest BCUT2D eigenvalue weighted by atomic mass is 16.5. The van der Waals surface area contributed by atoms with Crippen molar-refractivity contribution in [3.05, 3.63) is 0 Å². The van der Waals surface area contributed by atoms with E-state index in [1.54, 1.807) is 7.11 Å². The summed E-state index contributed by atoms with van der Waals surface area (Å²) >= 11 is 0. The van der Waals surface area contributed by atoms with Gasteiger partial charge in [0, 0.05) is 39.2 Å². The van der Waals surface area contributed by atoms with E-state index in [4.69, 9.17) is 9.47 Å². The monoisotopic (exact) mass is 257 g/mol. The van der Waals surface area contributed by atoms with Crippen LogP contribution >= 0.6 is 0 Å². The molecule has 1 N–H and O–H groups in total. The van der Waals surface area contributed by atoms with Crippen molar-refractivity contribution < 1.29 is 24.2 Å². The van der Waals surface area contributed by atoms with Crippen LogP contribution in [0.4, 0.5) is 0 Å². The smallest absolute Gasteiger partial charge is 0.326 e. The van der Waals surface area contributed by atoms with Crippen LogP contribution in [-0.4, -0.2) is 60.9 Å². The first kappa shape index (κ1) is 13.3. The average Bonchev–Trinajstić information content (AvgIpc) is 2.83. The molecule has 102 valence electrons. The van der Waals surface area contributed by atoms with Gasteiger partial charge in [-0.1, -0.05) is 0 Å². The van der Waals surface area contributed by atoms with Gasteiger partial charge in [0.1, 0.15) is 6.04 Å². The van der Waals surface area contributed by atoms with Gasteiger partial charge in [0.2, 0.25) is 5.91 Å². The lowest BCUT2D eigenvalue weighted by molar-refractivity contribution is -0.151. The van der Waals surface area contributed by atoms with E-state index in [0.29, 0.717) is 39.0 Å². The number of hydrogen-bond acceptors (Lipinski definition) is 4. The second kappa shape index (κ2) is 5.67. The van der Waals surface area contributed by atoms with Crippen molar-refractivity contribution in [1.82, 2.24) is 4.90 Å². The van der Waals surface area contributed by atoms with Gasteiger partial charge in [-0.05, 0) is 12.8 Å². The van der Waals surface area contributed by atoms with E-state index in [2.05, 4.69) is 0 Å². The van der Waals surface area contributed by atoms with Crippen LogP contribution in [-0.2, 0) is 19.1 Å². The Labute approximate surface area is 106 Å². The van der Waals surface area contributed by atoms with Crippen molar-refractivity contribution in [2.24, 2.45) is 5.92 Å². The first-order chi connectivity index (χ1) is 8.63. The molecule has 6 heteroatoms. The molecule has 0 aromatic rings. The molecule has 2 atom stereocenters. The normalized spacial score (nSPS) is 29.5. The molecular weight excluding hydrogens is 238 g/mol. The Balaban J connectivity index is 2.04. The topological polar surface area (TPSA) is 76.1 Å². The SMILES string of the molecule is COC1CC(C(=O)O)N(C(=O)C2CCOCC2)C1. The van der Waals surface area contributed by atoms with E-state index >= 15 is 0 Å². The summed E-state index contributed by atoms with van der Waals surface area (Å²) in [6.45, 7) is 1.54. The maximum Gasteiger partial charge on any atom is 0.326 e. The molecule has 0 aromatic carbocycles. The molecule has 18 heavy (non-hydrogen) atoms. The summed E-state index contributed by atoms with van der Waals surface area (Å²) in [7, 11) is 1.55. The summed E-state index contributed by atoms with van der Waals surface area (Å²) < 4.78 is 10.4. The van der Waals surface area contributed by atoms with Crippen LogP contribution in [0.25, 0.3) is 0 Å². The zero-order valence-corrected chi connectivity index (χ0v) is 10.5. The van der Waals surface area contributed by atoms with Crippen LogP contribution in [0.2, 0.25) is 0 Å². The number of rotatable bonds is 3. The van der Waals surface area contributed by atoms with Crippen LogP contribution in [0.1, 0.15) is 19.3 Å². The number of carbonyl (C=O) groups excluding carboxylic acids is 1. The summed E-state index contributed by atoms with van der Waals surface area (Å²) in [5, 5.41) is 9.17. The molecule has 2 aliphatic rings. The van der Waals surface area contributed by atoms with Crippen molar-refractivity contribution in [2.45, 2.75) is 31.4 Å². The number of carboxylic acids is 1. The Kier molecular flexibility index (Phi) is 4.19. The number of aliphatic carboxylic acids is 1. The molecule has 2 heterocycles. The summed E-state index contributed by atoms with van der Waals surface area (Å²) in [4.78, 5) is 25.0. The van der Waals surface area contributed by atoms with Crippen molar-refractivity contribution in [2.75, 3.05) is 26.9 Å².